The molecule has 1 aliphatic heterocycles. The van der Waals surface area contributed by atoms with Gasteiger partial charge < -0.3 is 4.90 Å². The van der Waals surface area contributed by atoms with Crippen LogP contribution >= 0.6 is 38.9 Å². The number of hydrogen-bond donors (Lipinski definition) is 0. The van der Waals surface area contributed by atoms with Crippen LogP contribution in [0.15, 0.2) is 14.1 Å². The SMILES string of the molecule is CN(C)C(=O)C1CCN(S(=O)(=O)c2cc(Cl)c(Br)s2)CC1. The van der Waals surface area contributed by atoms with Crippen LogP contribution in [0.1, 0.15) is 12.8 Å². The molecule has 0 aliphatic carbocycles. The van der Waals surface area contributed by atoms with Crippen LogP contribution in [0.3, 0.4) is 0 Å². The van der Waals surface area contributed by atoms with Crippen LogP contribution in [0.5, 0.6) is 0 Å². The van der Waals surface area contributed by atoms with Crippen molar-refractivity contribution in [2.24, 2.45) is 5.92 Å². The van der Waals surface area contributed by atoms with Crippen LogP contribution in [-0.2, 0) is 14.8 Å². The summed E-state index contributed by atoms with van der Waals surface area (Å²) in [4.78, 5) is 13.5. The number of piperidine rings is 1. The molecule has 0 radical (unpaired) electrons. The van der Waals surface area contributed by atoms with Crippen LogP contribution in [0, 0.1) is 5.92 Å². The first-order valence-corrected chi connectivity index (χ1v) is 9.82. The normalized spacial score (nSPS) is 17.9. The van der Waals surface area contributed by atoms with Crippen molar-refractivity contribution in [3.05, 3.63) is 14.9 Å². The first-order chi connectivity index (χ1) is 9.73. The summed E-state index contributed by atoms with van der Waals surface area (Å²) in [6.45, 7) is 0.722. The fourth-order valence-corrected chi connectivity index (χ4v) is 6.31. The van der Waals surface area contributed by atoms with Crippen molar-refractivity contribution in [1.82, 2.24) is 9.21 Å². The van der Waals surface area contributed by atoms with E-state index in [0.29, 0.717) is 34.7 Å². The molecule has 2 rings (SSSR count). The summed E-state index contributed by atoms with van der Waals surface area (Å²) in [6.07, 6.45) is 1.10. The van der Waals surface area contributed by atoms with E-state index in [1.165, 1.54) is 10.4 Å². The average molecular weight is 416 g/mol. The molecule has 2 heterocycles. The summed E-state index contributed by atoms with van der Waals surface area (Å²) in [7, 11) is -0.0828. The summed E-state index contributed by atoms with van der Waals surface area (Å²) in [5, 5.41) is 0.399. The maximum atomic E-state index is 12.5. The predicted molar refractivity (Wildman–Crippen MR) is 87.2 cm³/mol. The predicted octanol–water partition coefficient (Wildman–Crippen LogP) is 2.65. The molecular formula is C12H16BrClN2O3S2. The molecule has 5 nitrogen and oxygen atoms in total. The molecule has 1 fully saturated rings. The standard InChI is InChI=1S/C12H16BrClN2O3S2/c1-15(2)12(17)8-3-5-16(6-4-8)21(18,19)10-7-9(14)11(13)20-10/h7-8H,3-6H2,1-2H3. The van der Waals surface area contributed by atoms with Gasteiger partial charge in [0.15, 0.2) is 0 Å². The van der Waals surface area contributed by atoms with E-state index in [9.17, 15) is 13.2 Å². The molecule has 0 unspecified atom stereocenters. The van der Waals surface area contributed by atoms with Gasteiger partial charge >= 0.3 is 0 Å². The minimum absolute atomic E-state index is 0.0639. The second kappa shape index (κ2) is 6.54. The third-order valence-corrected chi connectivity index (χ3v) is 8.28. The van der Waals surface area contributed by atoms with Crippen LogP contribution in [-0.4, -0.2) is 50.7 Å². The number of sulfonamides is 1. The van der Waals surface area contributed by atoms with Crippen molar-refractivity contribution in [3.63, 3.8) is 0 Å². The molecule has 0 saturated carbocycles. The van der Waals surface area contributed by atoms with Crippen LogP contribution < -0.4 is 0 Å². The maximum Gasteiger partial charge on any atom is 0.252 e. The lowest BCUT2D eigenvalue weighted by Crippen LogP contribution is -2.42. The number of halogens is 2. The molecule has 1 saturated heterocycles. The van der Waals surface area contributed by atoms with Gasteiger partial charge in [0.05, 0.1) is 8.81 Å². The Kier molecular flexibility index (Phi) is 5.36. The Morgan fingerprint density at radius 2 is 2.00 bits per heavy atom. The van der Waals surface area contributed by atoms with Gasteiger partial charge in [-0.15, -0.1) is 11.3 Å². The molecular weight excluding hydrogens is 400 g/mol. The number of carbonyl (C=O) groups is 1. The molecule has 0 bridgehead atoms. The molecule has 0 aromatic carbocycles. The second-order valence-corrected chi connectivity index (χ2v) is 10.0. The van der Waals surface area contributed by atoms with Gasteiger partial charge in [-0.2, -0.15) is 4.31 Å². The van der Waals surface area contributed by atoms with Crippen molar-refractivity contribution in [2.45, 2.75) is 17.1 Å². The zero-order chi connectivity index (χ0) is 15.8. The van der Waals surface area contributed by atoms with Gasteiger partial charge in [-0.05, 0) is 34.8 Å². The first-order valence-electron chi connectivity index (χ1n) is 6.39. The van der Waals surface area contributed by atoms with Crippen molar-refractivity contribution in [1.29, 1.82) is 0 Å². The first kappa shape index (κ1) is 17.2. The van der Waals surface area contributed by atoms with Crippen molar-refractivity contribution >= 4 is 54.8 Å². The molecule has 1 amide bonds. The van der Waals surface area contributed by atoms with Gasteiger partial charge in [-0.3, -0.25) is 4.79 Å². The Bertz CT molecular complexity index is 617. The van der Waals surface area contributed by atoms with Gasteiger partial charge in [-0.25, -0.2) is 8.42 Å². The monoisotopic (exact) mass is 414 g/mol. The largest absolute Gasteiger partial charge is 0.349 e. The fourth-order valence-electron chi connectivity index (χ4n) is 2.29. The van der Waals surface area contributed by atoms with Gasteiger partial charge in [0, 0.05) is 33.1 Å². The molecule has 1 aromatic rings. The number of thiophene rings is 1. The van der Waals surface area contributed by atoms with E-state index < -0.39 is 10.0 Å². The highest BCUT2D eigenvalue weighted by atomic mass is 79.9. The lowest BCUT2D eigenvalue weighted by molar-refractivity contribution is -0.134. The maximum absolute atomic E-state index is 12.5. The van der Waals surface area contributed by atoms with E-state index in [1.807, 2.05) is 0 Å². The summed E-state index contributed by atoms with van der Waals surface area (Å²) >= 11 is 10.2. The van der Waals surface area contributed by atoms with E-state index >= 15 is 0 Å². The second-order valence-electron chi connectivity index (χ2n) is 5.10. The van der Waals surface area contributed by atoms with E-state index in [2.05, 4.69) is 15.9 Å². The lowest BCUT2D eigenvalue weighted by atomic mass is 9.97. The highest BCUT2D eigenvalue weighted by Crippen LogP contribution is 2.36. The van der Waals surface area contributed by atoms with Crippen molar-refractivity contribution in [3.8, 4) is 0 Å². The minimum atomic E-state index is -3.52. The summed E-state index contributed by atoms with van der Waals surface area (Å²) in [6, 6.07) is 1.46. The summed E-state index contributed by atoms with van der Waals surface area (Å²) in [5.74, 6) is -0.0286. The quantitative estimate of drug-likeness (QED) is 0.762. The Balaban J connectivity index is 2.09. The number of amides is 1. The Hall–Kier alpha value is -0.150. The van der Waals surface area contributed by atoms with E-state index in [1.54, 1.807) is 19.0 Å². The zero-order valence-electron chi connectivity index (χ0n) is 11.7. The molecule has 118 valence electrons. The third-order valence-electron chi connectivity index (χ3n) is 3.46. The molecule has 21 heavy (non-hydrogen) atoms. The highest BCUT2D eigenvalue weighted by Gasteiger charge is 2.33. The Morgan fingerprint density at radius 3 is 2.43 bits per heavy atom. The summed E-state index contributed by atoms with van der Waals surface area (Å²) in [5.41, 5.74) is 0. The molecule has 0 spiro atoms. The number of hydrogen-bond acceptors (Lipinski definition) is 4. The van der Waals surface area contributed by atoms with E-state index in [0.717, 1.165) is 11.3 Å². The topological polar surface area (TPSA) is 57.7 Å². The van der Waals surface area contributed by atoms with Gasteiger partial charge in [0.25, 0.3) is 10.0 Å². The average Bonchev–Trinajstić information content (AvgIpc) is 2.78. The molecule has 1 aromatic heterocycles. The van der Waals surface area contributed by atoms with E-state index in [-0.39, 0.29) is 16.0 Å². The Morgan fingerprint density at radius 1 is 1.43 bits per heavy atom. The van der Waals surface area contributed by atoms with Crippen LogP contribution in [0.25, 0.3) is 0 Å². The number of nitrogens with zero attached hydrogens (tertiary/aromatic N) is 2. The van der Waals surface area contributed by atoms with Crippen molar-refractivity contribution in [2.75, 3.05) is 27.2 Å². The Labute approximate surface area is 142 Å². The number of rotatable bonds is 3. The summed E-state index contributed by atoms with van der Waals surface area (Å²) < 4.78 is 27.3. The molecule has 0 atom stereocenters. The fraction of sp³-hybridized carbons (Fsp3) is 0.583. The van der Waals surface area contributed by atoms with Gasteiger partial charge in [0.1, 0.15) is 4.21 Å². The van der Waals surface area contributed by atoms with Gasteiger partial charge in [-0.1, -0.05) is 11.6 Å². The highest BCUT2D eigenvalue weighted by molar-refractivity contribution is 9.11. The van der Waals surface area contributed by atoms with Crippen LogP contribution in [0.2, 0.25) is 5.02 Å². The zero-order valence-corrected chi connectivity index (χ0v) is 15.6. The third kappa shape index (κ3) is 3.61. The minimum Gasteiger partial charge on any atom is -0.349 e. The molecule has 9 heteroatoms. The van der Waals surface area contributed by atoms with Crippen LogP contribution in [0.4, 0.5) is 0 Å². The molecule has 1 aliphatic rings. The molecule has 0 N–H and O–H groups in total. The number of carbonyl (C=O) groups excluding carboxylic acids is 1. The lowest BCUT2D eigenvalue weighted by Gasteiger charge is -2.31. The van der Waals surface area contributed by atoms with E-state index in [4.69, 9.17) is 11.6 Å². The smallest absolute Gasteiger partial charge is 0.252 e. The van der Waals surface area contributed by atoms with Crippen molar-refractivity contribution < 1.29 is 13.2 Å². The van der Waals surface area contributed by atoms with Gasteiger partial charge in [0.2, 0.25) is 5.91 Å².